The van der Waals surface area contributed by atoms with Crippen LogP contribution in [0, 0.1) is 0 Å². The van der Waals surface area contributed by atoms with E-state index in [-0.39, 0.29) is 11.8 Å². The average molecular weight is 723 g/mol. The fourth-order valence-electron chi connectivity index (χ4n) is 5.52. The van der Waals surface area contributed by atoms with Gasteiger partial charge in [-0.15, -0.1) is 22.7 Å². The first-order valence-corrected chi connectivity index (χ1v) is 17.5. The highest BCUT2D eigenvalue weighted by atomic mass is 79.9. The second kappa shape index (κ2) is 12.4. The van der Waals surface area contributed by atoms with Crippen LogP contribution in [0.25, 0.3) is 11.1 Å². The molecule has 0 saturated heterocycles. The molecule has 0 atom stereocenters. The average Bonchev–Trinajstić information content (AvgIpc) is 3.74. The Morgan fingerprint density at radius 2 is 0.952 bits per heavy atom. The number of halogens is 2. The van der Waals surface area contributed by atoms with Crippen LogP contribution in [-0.4, -0.2) is 11.8 Å². The number of carbonyl (C=O) groups is 2. The maximum atomic E-state index is 14.5. The van der Waals surface area contributed by atoms with Crippen molar-refractivity contribution in [2.45, 2.75) is 52.4 Å². The van der Waals surface area contributed by atoms with Crippen LogP contribution in [0.15, 0.2) is 91.8 Å². The molecule has 0 radical (unpaired) electrons. The minimum atomic E-state index is -0.124. The fraction of sp³-hybridized carbons (Fsp3) is 0.235. The van der Waals surface area contributed by atoms with Crippen LogP contribution in [0.5, 0.6) is 0 Å². The Balaban J connectivity index is 1.55. The first-order chi connectivity index (χ1) is 20.4. The van der Waals surface area contributed by atoms with Gasteiger partial charge in [0.2, 0.25) is 0 Å². The smallest absolute Gasteiger partial charge is 0.266 e. The summed E-state index contributed by atoms with van der Waals surface area (Å²) < 4.78 is 1.86. The van der Waals surface area contributed by atoms with E-state index < -0.39 is 0 Å². The van der Waals surface area contributed by atoms with Crippen molar-refractivity contribution in [2.75, 3.05) is 9.80 Å². The van der Waals surface area contributed by atoms with Crippen molar-refractivity contribution in [3.05, 3.63) is 113 Å². The molecule has 214 valence electrons. The third-order valence-electron chi connectivity index (χ3n) is 7.65. The zero-order valence-electron chi connectivity index (χ0n) is 23.5. The van der Waals surface area contributed by atoms with Crippen LogP contribution in [-0.2, 0) is 22.4 Å². The molecular weight excluding hydrogens is 692 g/mol. The highest BCUT2D eigenvalue weighted by Crippen LogP contribution is 2.52. The number of nitrogens with zero attached hydrogens (tertiary/aromatic N) is 2. The minimum absolute atomic E-state index is 0.124. The van der Waals surface area contributed by atoms with E-state index in [2.05, 4.69) is 70.0 Å². The van der Waals surface area contributed by atoms with Crippen LogP contribution >= 0.6 is 54.5 Å². The van der Waals surface area contributed by atoms with E-state index >= 15 is 0 Å². The molecule has 0 saturated carbocycles. The summed E-state index contributed by atoms with van der Waals surface area (Å²) in [5, 5.41) is 0. The number of aryl methyl sites for hydroxylation is 2. The number of carbonyl (C=O) groups excluding carboxylic acids is 2. The maximum Gasteiger partial charge on any atom is 0.266 e. The molecule has 6 rings (SSSR count). The van der Waals surface area contributed by atoms with E-state index in [1.54, 1.807) is 9.80 Å². The zero-order chi connectivity index (χ0) is 29.4. The van der Waals surface area contributed by atoms with Gasteiger partial charge in [0.15, 0.2) is 0 Å². The lowest BCUT2D eigenvalue weighted by Gasteiger charge is -2.20. The standard InChI is InChI=1S/C34H30Br2N2O2S2/c1-3-5-7-21-9-13-23(14-10-21)37-31-29(25-17-19-27(35)41-25)34(40)38(24-15-11-22(12-16-24)8-6-4-2)32(31)30(33(37)39)26-18-20-28(36)42-26/h9-20H,3-8H2,1-2H3. The molecule has 4 heterocycles. The van der Waals surface area contributed by atoms with Gasteiger partial charge in [-0.1, -0.05) is 51.0 Å². The van der Waals surface area contributed by atoms with E-state index in [9.17, 15) is 9.59 Å². The topological polar surface area (TPSA) is 40.6 Å². The van der Waals surface area contributed by atoms with E-state index in [1.807, 2.05) is 48.5 Å². The molecule has 8 heteroatoms. The van der Waals surface area contributed by atoms with Crippen molar-refractivity contribution < 1.29 is 9.59 Å². The van der Waals surface area contributed by atoms with Gasteiger partial charge in [0.25, 0.3) is 11.8 Å². The number of fused-ring (bicyclic) bond motifs is 1. The SMILES string of the molecule is CCCCc1ccc(N2C(=O)C(c3ccc(Br)s3)=C3C2=C(c2ccc(Br)s2)C(=O)N3c2ccc(CCCC)cc2)cc1. The molecule has 0 fully saturated rings. The second-order valence-corrected chi connectivity index (χ2v) is 15.4. The molecule has 0 bridgehead atoms. The number of hydrogen-bond donors (Lipinski definition) is 0. The summed E-state index contributed by atoms with van der Waals surface area (Å²) >= 11 is 10.2. The summed E-state index contributed by atoms with van der Waals surface area (Å²) in [6, 6.07) is 24.3. The molecule has 2 aliphatic heterocycles. The summed E-state index contributed by atoms with van der Waals surface area (Å²) in [5.41, 5.74) is 6.39. The molecule has 2 aromatic carbocycles. The minimum Gasteiger partial charge on any atom is -0.274 e. The fourth-order valence-corrected chi connectivity index (χ4v) is 8.37. The van der Waals surface area contributed by atoms with Crippen LogP contribution in [0.1, 0.15) is 60.4 Å². The van der Waals surface area contributed by atoms with Crippen LogP contribution < -0.4 is 9.80 Å². The van der Waals surface area contributed by atoms with Gasteiger partial charge in [-0.2, -0.15) is 0 Å². The van der Waals surface area contributed by atoms with Gasteiger partial charge in [0.1, 0.15) is 0 Å². The monoisotopic (exact) mass is 720 g/mol. The van der Waals surface area contributed by atoms with Gasteiger partial charge >= 0.3 is 0 Å². The molecule has 42 heavy (non-hydrogen) atoms. The van der Waals surface area contributed by atoms with Gasteiger partial charge < -0.3 is 0 Å². The van der Waals surface area contributed by atoms with Crippen molar-refractivity contribution in [1.29, 1.82) is 0 Å². The second-order valence-electron chi connectivity index (χ2n) is 10.5. The summed E-state index contributed by atoms with van der Waals surface area (Å²) in [7, 11) is 0. The maximum absolute atomic E-state index is 14.5. The first kappa shape index (κ1) is 29.3. The predicted molar refractivity (Wildman–Crippen MR) is 183 cm³/mol. The van der Waals surface area contributed by atoms with Crippen molar-refractivity contribution in [1.82, 2.24) is 0 Å². The highest BCUT2D eigenvalue weighted by Gasteiger charge is 2.50. The third-order valence-corrected chi connectivity index (χ3v) is 10.9. The lowest BCUT2D eigenvalue weighted by Crippen LogP contribution is -2.27. The Morgan fingerprint density at radius 3 is 1.26 bits per heavy atom. The molecule has 0 N–H and O–H groups in total. The Labute approximate surface area is 271 Å². The number of anilines is 2. The molecule has 0 unspecified atom stereocenters. The normalized spacial score (nSPS) is 15.0. The van der Waals surface area contributed by atoms with Crippen molar-refractivity contribution in [2.24, 2.45) is 0 Å². The lowest BCUT2D eigenvalue weighted by atomic mass is 10.1. The lowest BCUT2D eigenvalue weighted by molar-refractivity contribution is -0.112. The van der Waals surface area contributed by atoms with Crippen LogP contribution in [0.3, 0.4) is 0 Å². The number of rotatable bonds is 10. The van der Waals surface area contributed by atoms with Crippen molar-refractivity contribution >= 4 is 88.9 Å². The largest absolute Gasteiger partial charge is 0.274 e. The molecule has 2 aliphatic rings. The van der Waals surface area contributed by atoms with E-state index in [4.69, 9.17) is 0 Å². The Kier molecular flexibility index (Phi) is 8.68. The Morgan fingerprint density at radius 1 is 0.571 bits per heavy atom. The molecule has 0 aliphatic carbocycles. The summed E-state index contributed by atoms with van der Waals surface area (Å²) in [5.74, 6) is -0.248. The Hall–Kier alpha value is -2.78. The van der Waals surface area contributed by atoms with Crippen molar-refractivity contribution in [3.63, 3.8) is 0 Å². The third kappa shape index (κ3) is 5.39. The highest BCUT2D eigenvalue weighted by molar-refractivity contribution is 9.11. The quantitative estimate of drug-likeness (QED) is 0.164. The number of thiophene rings is 2. The predicted octanol–water partition coefficient (Wildman–Crippen LogP) is 10.2. The number of unbranched alkanes of at least 4 members (excludes halogenated alkanes) is 2. The van der Waals surface area contributed by atoms with E-state index in [1.165, 1.54) is 33.8 Å². The van der Waals surface area contributed by atoms with Gasteiger partial charge in [-0.05, 0) is 117 Å². The number of hydrogen-bond acceptors (Lipinski definition) is 4. The van der Waals surface area contributed by atoms with Crippen LogP contribution in [0.4, 0.5) is 11.4 Å². The van der Waals surface area contributed by atoms with Gasteiger partial charge in [-0.25, -0.2) is 0 Å². The van der Waals surface area contributed by atoms with E-state index in [0.717, 1.165) is 67.2 Å². The number of benzene rings is 2. The summed E-state index contributed by atoms with van der Waals surface area (Å²) in [6.07, 6.45) is 6.50. The van der Waals surface area contributed by atoms with Crippen LogP contribution in [0.2, 0.25) is 0 Å². The van der Waals surface area contributed by atoms with Gasteiger partial charge in [0, 0.05) is 21.1 Å². The molecule has 0 spiro atoms. The molecule has 2 amide bonds. The number of amides is 2. The van der Waals surface area contributed by atoms with Crippen molar-refractivity contribution in [3.8, 4) is 0 Å². The molecule has 4 nitrogen and oxygen atoms in total. The molecule has 4 aromatic rings. The van der Waals surface area contributed by atoms with Gasteiger partial charge in [-0.3, -0.25) is 19.4 Å². The Bertz CT molecular complexity index is 1590. The van der Waals surface area contributed by atoms with E-state index in [0.29, 0.717) is 22.5 Å². The molecular formula is C34H30Br2N2O2S2. The first-order valence-electron chi connectivity index (χ1n) is 14.3. The summed E-state index contributed by atoms with van der Waals surface area (Å²) in [6.45, 7) is 4.38. The van der Waals surface area contributed by atoms with Gasteiger partial charge in [0.05, 0.1) is 30.1 Å². The summed E-state index contributed by atoms with van der Waals surface area (Å²) in [4.78, 5) is 34.2. The zero-order valence-corrected chi connectivity index (χ0v) is 28.3. The molecule has 2 aromatic heterocycles.